The molecule has 0 fully saturated rings. The average Bonchev–Trinajstić information content (AvgIpc) is 3.17. The molecule has 29 heavy (non-hydrogen) atoms. The lowest BCUT2D eigenvalue weighted by Gasteiger charge is -2.09. The molecule has 3 rings (SSSR count). The number of nitrogens with zero attached hydrogens (tertiary/aromatic N) is 5. The summed E-state index contributed by atoms with van der Waals surface area (Å²) in [6, 6.07) is 9.69. The molecule has 0 aliphatic carbocycles. The largest absolute Gasteiger partial charge is 0.382 e. The Balaban J connectivity index is 1.79. The molecule has 152 valence electrons. The van der Waals surface area contributed by atoms with E-state index in [0.717, 1.165) is 17.7 Å². The number of amides is 1. The van der Waals surface area contributed by atoms with E-state index in [4.69, 9.17) is 4.74 Å². The first kappa shape index (κ1) is 20.9. The van der Waals surface area contributed by atoms with Crippen LogP contribution in [0.4, 0.5) is 0 Å². The minimum Gasteiger partial charge on any atom is -0.382 e. The highest BCUT2D eigenvalue weighted by atomic mass is 32.2. The first-order chi connectivity index (χ1) is 14.2. The van der Waals surface area contributed by atoms with Gasteiger partial charge in [-0.25, -0.2) is 14.6 Å². The minimum absolute atomic E-state index is 0.246. The maximum Gasteiger partial charge on any atom is 0.273 e. The Morgan fingerprint density at radius 3 is 2.69 bits per heavy atom. The van der Waals surface area contributed by atoms with Crippen LogP contribution in [0, 0.1) is 6.92 Å². The van der Waals surface area contributed by atoms with Crippen molar-refractivity contribution in [2.75, 3.05) is 19.8 Å². The summed E-state index contributed by atoms with van der Waals surface area (Å²) in [4.78, 5) is 21.2. The average molecular weight is 413 g/mol. The third-order valence-electron chi connectivity index (χ3n) is 4.09. The van der Waals surface area contributed by atoms with Gasteiger partial charge in [-0.15, -0.1) is 5.10 Å². The number of nitrogens with one attached hydrogen (secondary N) is 1. The summed E-state index contributed by atoms with van der Waals surface area (Å²) in [5.74, 6) is 0.219. The monoisotopic (exact) mass is 412 g/mol. The zero-order chi connectivity index (χ0) is 20.5. The third kappa shape index (κ3) is 5.85. The zero-order valence-electron chi connectivity index (χ0n) is 16.5. The topological polar surface area (TPSA) is 94.8 Å². The molecule has 1 amide bonds. The number of thioether (sulfide) groups is 1. The number of carbonyl (C=O) groups is 1. The van der Waals surface area contributed by atoms with E-state index in [1.54, 1.807) is 23.1 Å². The molecule has 0 aliphatic heterocycles. The fourth-order valence-corrected chi connectivity index (χ4v) is 3.39. The van der Waals surface area contributed by atoms with E-state index in [9.17, 15) is 4.79 Å². The first-order valence-corrected chi connectivity index (χ1v) is 10.4. The summed E-state index contributed by atoms with van der Waals surface area (Å²) in [6.07, 6.45) is 4.13. The van der Waals surface area contributed by atoms with E-state index in [1.165, 1.54) is 11.8 Å². The van der Waals surface area contributed by atoms with Crippen LogP contribution in [0.1, 0.15) is 35.1 Å². The second-order valence-corrected chi connectivity index (χ2v) is 7.20. The van der Waals surface area contributed by atoms with Crippen LogP contribution in [0.2, 0.25) is 0 Å². The molecule has 0 aliphatic rings. The number of hydrogen-bond acceptors (Lipinski definition) is 7. The van der Waals surface area contributed by atoms with Crippen LogP contribution in [0.3, 0.4) is 0 Å². The highest BCUT2D eigenvalue weighted by Gasteiger charge is 2.21. The maximum absolute atomic E-state index is 12.7. The van der Waals surface area contributed by atoms with Gasteiger partial charge in [0, 0.05) is 37.9 Å². The molecule has 9 heteroatoms. The van der Waals surface area contributed by atoms with E-state index < -0.39 is 0 Å². The number of benzene rings is 1. The molecular formula is C20H24N6O2S. The Labute approximate surface area is 174 Å². The Kier molecular flexibility index (Phi) is 7.71. The number of hydrogen-bond donors (Lipinski definition) is 1. The van der Waals surface area contributed by atoms with E-state index in [2.05, 4.69) is 25.6 Å². The zero-order valence-corrected chi connectivity index (χ0v) is 17.4. The number of ether oxygens (including phenoxy) is 1. The number of aromatic nitrogens is 5. The minimum atomic E-state index is -0.246. The lowest BCUT2D eigenvalue weighted by Crippen LogP contribution is -2.26. The second-order valence-electron chi connectivity index (χ2n) is 6.26. The van der Waals surface area contributed by atoms with E-state index in [1.807, 2.05) is 38.1 Å². The van der Waals surface area contributed by atoms with Crippen molar-refractivity contribution in [1.29, 1.82) is 0 Å². The van der Waals surface area contributed by atoms with Crippen molar-refractivity contribution in [1.82, 2.24) is 30.3 Å². The van der Waals surface area contributed by atoms with Crippen molar-refractivity contribution < 1.29 is 9.53 Å². The van der Waals surface area contributed by atoms with Gasteiger partial charge in [-0.05, 0) is 38.5 Å². The number of carbonyl (C=O) groups excluding carboxylic acids is 1. The molecule has 0 unspecified atom stereocenters. The summed E-state index contributed by atoms with van der Waals surface area (Å²) in [6.45, 7) is 5.77. The highest BCUT2D eigenvalue weighted by molar-refractivity contribution is 7.98. The molecule has 0 atom stereocenters. The third-order valence-corrected chi connectivity index (χ3v) is 4.98. The Hall–Kier alpha value is -2.78. The van der Waals surface area contributed by atoms with Gasteiger partial charge in [0.15, 0.2) is 10.9 Å². The summed E-state index contributed by atoms with van der Waals surface area (Å²) in [5.41, 5.74) is 3.01. The fraction of sp³-hybridized carbons (Fsp3) is 0.350. The van der Waals surface area contributed by atoms with Crippen LogP contribution >= 0.6 is 11.8 Å². The quantitative estimate of drug-likeness (QED) is 0.311. The van der Waals surface area contributed by atoms with Gasteiger partial charge in [0.1, 0.15) is 0 Å². The first-order valence-electron chi connectivity index (χ1n) is 9.46. The van der Waals surface area contributed by atoms with Gasteiger partial charge in [0.25, 0.3) is 5.91 Å². The standard InChI is InChI=1S/C20H24N6O2S/c1-3-28-13-5-12-21-19(27)18-17(14-29-20-22-10-4-11-23-20)26(25-24-18)16-8-6-15(2)7-9-16/h4,6-11H,3,5,12-14H2,1-2H3,(H,21,27). The normalized spacial score (nSPS) is 10.8. The Morgan fingerprint density at radius 2 is 1.97 bits per heavy atom. The molecule has 1 N–H and O–H groups in total. The van der Waals surface area contributed by atoms with Gasteiger partial charge in [-0.3, -0.25) is 4.79 Å². The molecule has 0 bridgehead atoms. The predicted molar refractivity (Wildman–Crippen MR) is 111 cm³/mol. The van der Waals surface area contributed by atoms with E-state index >= 15 is 0 Å². The van der Waals surface area contributed by atoms with Crippen molar-refractivity contribution in [3.8, 4) is 5.69 Å². The maximum atomic E-state index is 12.7. The van der Waals surface area contributed by atoms with E-state index in [0.29, 0.717) is 42.1 Å². The van der Waals surface area contributed by atoms with Crippen molar-refractivity contribution in [2.45, 2.75) is 31.2 Å². The fourth-order valence-electron chi connectivity index (χ4n) is 2.60. The van der Waals surface area contributed by atoms with E-state index in [-0.39, 0.29) is 5.91 Å². The molecular weight excluding hydrogens is 388 g/mol. The molecule has 0 saturated heterocycles. The number of aryl methyl sites for hydroxylation is 1. The van der Waals surface area contributed by atoms with Crippen LogP contribution < -0.4 is 5.32 Å². The van der Waals surface area contributed by atoms with Crippen LogP contribution in [-0.2, 0) is 10.5 Å². The van der Waals surface area contributed by atoms with Crippen LogP contribution in [0.25, 0.3) is 5.69 Å². The van der Waals surface area contributed by atoms with Crippen LogP contribution in [-0.4, -0.2) is 50.6 Å². The Bertz CT molecular complexity index is 914. The summed E-state index contributed by atoms with van der Waals surface area (Å²) in [5, 5.41) is 11.9. The molecule has 3 aromatic rings. The summed E-state index contributed by atoms with van der Waals surface area (Å²) < 4.78 is 7.00. The van der Waals surface area contributed by atoms with Gasteiger partial charge in [-0.1, -0.05) is 34.7 Å². The smallest absolute Gasteiger partial charge is 0.273 e. The molecule has 0 radical (unpaired) electrons. The molecule has 0 saturated carbocycles. The molecule has 8 nitrogen and oxygen atoms in total. The SMILES string of the molecule is CCOCCCNC(=O)c1nnn(-c2ccc(C)cc2)c1CSc1ncccn1. The lowest BCUT2D eigenvalue weighted by atomic mass is 10.2. The van der Waals surface area contributed by atoms with Gasteiger partial charge < -0.3 is 10.1 Å². The van der Waals surface area contributed by atoms with Gasteiger partial charge in [0.05, 0.1) is 11.4 Å². The van der Waals surface area contributed by atoms with Crippen molar-refractivity contribution in [2.24, 2.45) is 0 Å². The lowest BCUT2D eigenvalue weighted by molar-refractivity contribution is 0.0938. The highest BCUT2D eigenvalue weighted by Crippen LogP contribution is 2.23. The molecule has 1 aromatic carbocycles. The molecule has 0 spiro atoms. The van der Waals surface area contributed by atoms with Crippen LogP contribution in [0.5, 0.6) is 0 Å². The van der Waals surface area contributed by atoms with Gasteiger partial charge in [0.2, 0.25) is 0 Å². The Morgan fingerprint density at radius 1 is 1.21 bits per heavy atom. The van der Waals surface area contributed by atoms with Gasteiger partial charge in [-0.2, -0.15) is 0 Å². The predicted octanol–water partition coefficient (Wildman–Crippen LogP) is 2.81. The van der Waals surface area contributed by atoms with Crippen LogP contribution in [0.15, 0.2) is 47.9 Å². The summed E-state index contributed by atoms with van der Waals surface area (Å²) >= 11 is 1.43. The van der Waals surface area contributed by atoms with Crippen molar-refractivity contribution in [3.63, 3.8) is 0 Å². The van der Waals surface area contributed by atoms with Gasteiger partial charge >= 0.3 is 0 Å². The second kappa shape index (κ2) is 10.7. The number of rotatable bonds is 10. The van der Waals surface area contributed by atoms with Crippen molar-refractivity contribution in [3.05, 3.63) is 59.7 Å². The summed E-state index contributed by atoms with van der Waals surface area (Å²) in [7, 11) is 0. The molecule has 2 aromatic heterocycles. The van der Waals surface area contributed by atoms with Crippen molar-refractivity contribution >= 4 is 17.7 Å². The molecule has 2 heterocycles.